The van der Waals surface area contributed by atoms with Gasteiger partial charge in [0.1, 0.15) is 0 Å². The van der Waals surface area contributed by atoms with Gasteiger partial charge in [-0.1, -0.05) is 0 Å². The van der Waals surface area contributed by atoms with E-state index in [1.165, 1.54) is 0 Å². The smallest absolute Gasteiger partial charge is 0.211 e. The lowest BCUT2D eigenvalue weighted by molar-refractivity contribution is -0.0958. The average molecular weight is 173 g/mol. The van der Waals surface area contributed by atoms with Crippen molar-refractivity contribution in [2.75, 3.05) is 0 Å². The number of halogens is 5. The van der Waals surface area contributed by atoms with Gasteiger partial charge in [-0.15, -0.1) is 0 Å². The second kappa shape index (κ2) is 3.25. The molecule has 0 aromatic rings. The SMILES string of the molecule is O=C=NC(=C(F)F)C(F)(F)F. The summed E-state index contributed by atoms with van der Waals surface area (Å²) in [6.07, 6.45) is -7.99. The number of hydrogen-bond acceptors (Lipinski definition) is 2. The number of carbonyl (C=O) groups excluding carboxylic acids is 1. The first-order chi connectivity index (χ1) is 4.89. The number of rotatable bonds is 1. The van der Waals surface area contributed by atoms with Crippen molar-refractivity contribution < 1.29 is 26.7 Å². The predicted molar refractivity (Wildman–Crippen MR) is 23.4 cm³/mol. The summed E-state index contributed by atoms with van der Waals surface area (Å²) in [7, 11) is 0. The molecule has 0 aromatic carbocycles. The first-order valence-corrected chi connectivity index (χ1v) is 2.10. The molecule has 0 spiro atoms. The standard InChI is InChI=1S/C4F5NO/c5-3(6)2(10-1-11)4(7,8)9. The second-order valence-electron chi connectivity index (χ2n) is 1.31. The third-order valence-electron chi connectivity index (χ3n) is 0.605. The van der Waals surface area contributed by atoms with Crippen LogP contribution < -0.4 is 0 Å². The van der Waals surface area contributed by atoms with Crippen molar-refractivity contribution in [1.29, 1.82) is 0 Å². The van der Waals surface area contributed by atoms with Crippen molar-refractivity contribution in [3.05, 3.63) is 11.8 Å². The molecule has 0 aliphatic carbocycles. The van der Waals surface area contributed by atoms with Gasteiger partial charge in [0.25, 0.3) is 0 Å². The zero-order valence-corrected chi connectivity index (χ0v) is 4.75. The van der Waals surface area contributed by atoms with E-state index in [9.17, 15) is 26.7 Å². The maximum absolute atomic E-state index is 11.3. The van der Waals surface area contributed by atoms with Crippen LogP contribution in [0.5, 0.6) is 0 Å². The summed E-state index contributed by atoms with van der Waals surface area (Å²) in [5, 5.41) is 0. The van der Waals surface area contributed by atoms with Gasteiger partial charge in [0.15, 0.2) is 0 Å². The number of aliphatic imine (C=N–C) groups is 1. The Morgan fingerprint density at radius 3 is 1.82 bits per heavy atom. The van der Waals surface area contributed by atoms with E-state index in [0.717, 1.165) is 0 Å². The highest BCUT2D eigenvalue weighted by Crippen LogP contribution is 2.29. The number of isocyanates is 1. The third kappa shape index (κ3) is 2.90. The number of hydrogen-bond donors (Lipinski definition) is 0. The fourth-order valence-electron chi connectivity index (χ4n) is 0.258. The van der Waals surface area contributed by atoms with Gasteiger partial charge >= 0.3 is 12.3 Å². The maximum Gasteiger partial charge on any atom is 0.439 e. The Morgan fingerprint density at radius 2 is 1.73 bits per heavy atom. The Bertz CT molecular complexity index is 219. The highest BCUT2D eigenvalue weighted by Gasteiger charge is 2.38. The zero-order chi connectivity index (χ0) is 9.07. The van der Waals surface area contributed by atoms with Gasteiger partial charge in [0, 0.05) is 0 Å². The summed E-state index contributed by atoms with van der Waals surface area (Å²) >= 11 is 0. The lowest BCUT2D eigenvalue weighted by Crippen LogP contribution is -2.10. The molecular weight excluding hydrogens is 173 g/mol. The molecule has 7 heteroatoms. The van der Waals surface area contributed by atoms with Crippen molar-refractivity contribution in [3.8, 4) is 0 Å². The molecule has 0 heterocycles. The number of allylic oxidation sites excluding steroid dienone is 1. The largest absolute Gasteiger partial charge is 0.439 e. The van der Waals surface area contributed by atoms with Gasteiger partial charge in [-0.3, -0.25) is 0 Å². The van der Waals surface area contributed by atoms with Gasteiger partial charge < -0.3 is 0 Å². The Kier molecular flexibility index (Phi) is 2.88. The third-order valence-corrected chi connectivity index (χ3v) is 0.605. The van der Waals surface area contributed by atoms with E-state index in [1.807, 2.05) is 0 Å². The summed E-state index contributed by atoms with van der Waals surface area (Å²) in [5.74, 6) is 0. The lowest BCUT2D eigenvalue weighted by Gasteiger charge is -2.01. The van der Waals surface area contributed by atoms with Gasteiger partial charge in [-0.2, -0.15) is 26.9 Å². The molecule has 0 saturated carbocycles. The molecule has 0 aromatic heterocycles. The molecule has 0 amide bonds. The van der Waals surface area contributed by atoms with E-state index in [2.05, 4.69) is 0 Å². The summed E-state index contributed by atoms with van der Waals surface area (Å²) in [4.78, 5) is 11.0. The molecule has 0 bridgehead atoms. The van der Waals surface area contributed by atoms with Crippen molar-refractivity contribution in [1.82, 2.24) is 0 Å². The van der Waals surface area contributed by atoms with E-state index < -0.39 is 18.0 Å². The van der Waals surface area contributed by atoms with Crippen LogP contribution in [0.1, 0.15) is 0 Å². The van der Waals surface area contributed by atoms with Crippen LogP contribution in [-0.2, 0) is 4.79 Å². The predicted octanol–water partition coefficient (Wildman–Crippen LogP) is 1.99. The minimum atomic E-state index is -5.31. The van der Waals surface area contributed by atoms with E-state index in [-0.39, 0.29) is 0 Å². The van der Waals surface area contributed by atoms with Crippen LogP contribution >= 0.6 is 0 Å². The van der Waals surface area contributed by atoms with Crippen molar-refractivity contribution in [2.45, 2.75) is 6.18 Å². The van der Waals surface area contributed by atoms with Gasteiger partial charge in [-0.25, -0.2) is 4.79 Å². The van der Waals surface area contributed by atoms with Crippen molar-refractivity contribution >= 4 is 6.08 Å². The van der Waals surface area contributed by atoms with E-state index >= 15 is 0 Å². The van der Waals surface area contributed by atoms with E-state index in [1.54, 1.807) is 4.99 Å². The lowest BCUT2D eigenvalue weighted by atomic mass is 10.5. The van der Waals surface area contributed by atoms with E-state index in [0.29, 0.717) is 6.08 Å². The van der Waals surface area contributed by atoms with Crippen LogP contribution in [0.15, 0.2) is 16.8 Å². The molecule has 0 fully saturated rings. The van der Waals surface area contributed by atoms with Gasteiger partial charge in [0.2, 0.25) is 11.8 Å². The topological polar surface area (TPSA) is 29.4 Å². The van der Waals surface area contributed by atoms with Crippen LogP contribution in [0.3, 0.4) is 0 Å². The van der Waals surface area contributed by atoms with Crippen LogP contribution in [0.25, 0.3) is 0 Å². The van der Waals surface area contributed by atoms with E-state index in [4.69, 9.17) is 0 Å². The fourth-order valence-corrected chi connectivity index (χ4v) is 0.258. The molecule has 0 aliphatic heterocycles. The van der Waals surface area contributed by atoms with Crippen molar-refractivity contribution in [3.63, 3.8) is 0 Å². The monoisotopic (exact) mass is 173 g/mol. The Hall–Kier alpha value is -1.23. The van der Waals surface area contributed by atoms with Crippen molar-refractivity contribution in [2.24, 2.45) is 4.99 Å². The molecule has 0 aliphatic rings. The normalized spacial score (nSPS) is 10.3. The molecule has 0 unspecified atom stereocenters. The molecule has 0 atom stereocenters. The van der Waals surface area contributed by atoms with Crippen LogP contribution in [0.4, 0.5) is 22.0 Å². The highest BCUT2D eigenvalue weighted by atomic mass is 19.4. The highest BCUT2D eigenvalue weighted by molar-refractivity contribution is 5.38. The molecule has 11 heavy (non-hydrogen) atoms. The Balaban J connectivity index is 4.94. The van der Waals surface area contributed by atoms with Crippen LogP contribution in [0.2, 0.25) is 0 Å². The average Bonchev–Trinajstić information content (AvgIpc) is 1.79. The quantitative estimate of drug-likeness (QED) is 0.338. The molecule has 0 radical (unpaired) electrons. The van der Waals surface area contributed by atoms with Crippen LogP contribution in [-0.4, -0.2) is 12.3 Å². The summed E-state index contributed by atoms with van der Waals surface area (Å²) in [5.41, 5.74) is -2.51. The first-order valence-electron chi connectivity index (χ1n) is 2.10. The number of nitrogens with zero attached hydrogens (tertiary/aromatic N) is 1. The fraction of sp³-hybridized carbons (Fsp3) is 0.250. The van der Waals surface area contributed by atoms with Crippen LogP contribution in [0, 0.1) is 0 Å². The molecule has 0 saturated heterocycles. The molecule has 62 valence electrons. The molecule has 2 nitrogen and oxygen atoms in total. The molecule has 0 N–H and O–H groups in total. The molecular formula is C4F5NO. The van der Waals surface area contributed by atoms with Gasteiger partial charge in [-0.05, 0) is 0 Å². The summed E-state index contributed by atoms with van der Waals surface area (Å²) in [6.45, 7) is 0. The Labute approximate surface area is 57.0 Å². The summed E-state index contributed by atoms with van der Waals surface area (Å²) < 4.78 is 56.6. The second-order valence-corrected chi connectivity index (χ2v) is 1.31. The molecule has 0 rings (SSSR count). The maximum atomic E-state index is 11.3. The zero-order valence-electron chi connectivity index (χ0n) is 4.75. The minimum Gasteiger partial charge on any atom is -0.211 e. The Morgan fingerprint density at radius 1 is 1.27 bits per heavy atom. The minimum absolute atomic E-state index is 0.373. The first kappa shape index (κ1) is 9.77. The summed E-state index contributed by atoms with van der Waals surface area (Å²) in [6, 6.07) is 0. The van der Waals surface area contributed by atoms with Gasteiger partial charge in [0.05, 0.1) is 0 Å². The number of alkyl halides is 3.